The van der Waals surface area contributed by atoms with Crippen LogP contribution in [-0.4, -0.2) is 48.6 Å². The molecule has 21 heavy (non-hydrogen) atoms. The van der Waals surface area contributed by atoms with Gasteiger partial charge in [-0.05, 0) is 46.6 Å². The number of unbranched alkanes of at least 4 members (excludes halogenated alkanes) is 2. The number of hydrogen-bond donors (Lipinski definition) is 2. The zero-order chi connectivity index (χ0) is 15.7. The minimum atomic E-state index is -0.0460. The van der Waals surface area contributed by atoms with Crippen LogP contribution in [0.1, 0.15) is 66.2 Å². The summed E-state index contributed by atoms with van der Waals surface area (Å²) in [5.41, 5.74) is 0. The summed E-state index contributed by atoms with van der Waals surface area (Å²) in [5, 5.41) is 6.67. The van der Waals surface area contributed by atoms with Gasteiger partial charge in [0.1, 0.15) is 0 Å². The second-order valence-electron chi connectivity index (χ2n) is 6.61. The summed E-state index contributed by atoms with van der Waals surface area (Å²) in [6, 6.07) is 0.886. The Hall–Kier alpha value is -0.610. The lowest BCUT2D eigenvalue weighted by Crippen LogP contribution is -2.53. The molecule has 2 atom stereocenters. The Labute approximate surface area is 131 Å². The van der Waals surface area contributed by atoms with E-state index < -0.39 is 0 Å². The minimum Gasteiger partial charge on any atom is -0.355 e. The van der Waals surface area contributed by atoms with Gasteiger partial charge in [0.15, 0.2) is 0 Å². The van der Waals surface area contributed by atoms with E-state index in [-0.39, 0.29) is 11.9 Å². The lowest BCUT2D eigenvalue weighted by atomic mass is 10.0. The van der Waals surface area contributed by atoms with Crippen molar-refractivity contribution in [2.45, 2.75) is 84.3 Å². The average Bonchev–Trinajstić information content (AvgIpc) is 2.49. The van der Waals surface area contributed by atoms with Gasteiger partial charge in [0.2, 0.25) is 5.91 Å². The number of nitrogens with one attached hydrogen (secondary N) is 2. The molecule has 2 N–H and O–H groups in total. The highest BCUT2D eigenvalue weighted by molar-refractivity contribution is 5.81. The van der Waals surface area contributed by atoms with E-state index in [1.54, 1.807) is 0 Å². The van der Waals surface area contributed by atoms with Crippen molar-refractivity contribution in [2.75, 3.05) is 19.6 Å². The van der Waals surface area contributed by atoms with Gasteiger partial charge in [-0.2, -0.15) is 0 Å². The Kier molecular flexibility index (Phi) is 8.93. The monoisotopic (exact) mass is 297 g/mol. The molecule has 0 aromatic carbocycles. The van der Waals surface area contributed by atoms with Gasteiger partial charge >= 0.3 is 0 Å². The minimum absolute atomic E-state index is 0.0460. The molecule has 1 saturated heterocycles. The van der Waals surface area contributed by atoms with Crippen molar-refractivity contribution in [3.8, 4) is 0 Å². The van der Waals surface area contributed by atoms with E-state index in [0.29, 0.717) is 12.1 Å². The third-order valence-electron chi connectivity index (χ3n) is 4.46. The topological polar surface area (TPSA) is 44.4 Å². The molecule has 2 unspecified atom stereocenters. The van der Waals surface area contributed by atoms with Crippen LogP contribution < -0.4 is 10.6 Å². The van der Waals surface area contributed by atoms with Crippen LogP contribution in [0, 0.1) is 0 Å². The number of amides is 1. The molecule has 0 aromatic heterocycles. The first-order valence-corrected chi connectivity index (χ1v) is 8.83. The van der Waals surface area contributed by atoms with Crippen LogP contribution in [0.25, 0.3) is 0 Å². The summed E-state index contributed by atoms with van der Waals surface area (Å²) < 4.78 is 0. The summed E-state index contributed by atoms with van der Waals surface area (Å²) in [4.78, 5) is 14.7. The summed E-state index contributed by atoms with van der Waals surface area (Å²) in [5.74, 6) is 0.176. The van der Waals surface area contributed by atoms with Gasteiger partial charge in [-0.1, -0.05) is 26.2 Å². The number of piperidine rings is 1. The summed E-state index contributed by atoms with van der Waals surface area (Å²) >= 11 is 0. The van der Waals surface area contributed by atoms with E-state index in [4.69, 9.17) is 0 Å². The Morgan fingerprint density at radius 2 is 2.05 bits per heavy atom. The SMILES string of the molecule is CCCCCNC(=O)C(C)N(CC1CCCCN1)C(C)C. The molecule has 124 valence electrons. The van der Waals surface area contributed by atoms with Crippen LogP contribution in [0.3, 0.4) is 0 Å². The number of carbonyl (C=O) groups excluding carboxylic acids is 1. The van der Waals surface area contributed by atoms with Gasteiger partial charge in [0.25, 0.3) is 0 Å². The number of nitrogens with zero attached hydrogens (tertiary/aromatic N) is 1. The molecule has 0 saturated carbocycles. The molecule has 1 fully saturated rings. The largest absolute Gasteiger partial charge is 0.355 e. The Bertz CT molecular complexity index is 288. The number of rotatable bonds is 9. The van der Waals surface area contributed by atoms with Crippen LogP contribution in [0.4, 0.5) is 0 Å². The zero-order valence-electron chi connectivity index (χ0n) is 14.5. The average molecular weight is 297 g/mol. The smallest absolute Gasteiger partial charge is 0.237 e. The third-order valence-corrected chi connectivity index (χ3v) is 4.46. The Balaban J connectivity index is 2.43. The summed E-state index contributed by atoms with van der Waals surface area (Å²) in [6.45, 7) is 11.5. The second kappa shape index (κ2) is 10.2. The Morgan fingerprint density at radius 3 is 2.62 bits per heavy atom. The first kappa shape index (κ1) is 18.4. The molecule has 0 radical (unpaired) electrons. The highest BCUT2D eigenvalue weighted by Gasteiger charge is 2.26. The van der Waals surface area contributed by atoms with Gasteiger partial charge in [0, 0.05) is 25.2 Å². The fourth-order valence-electron chi connectivity index (χ4n) is 3.04. The molecule has 4 heteroatoms. The van der Waals surface area contributed by atoms with Crippen LogP contribution in [0.15, 0.2) is 0 Å². The molecule has 0 spiro atoms. The summed E-state index contributed by atoms with van der Waals surface area (Å²) in [6.07, 6.45) is 7.28. The van der Waals surface area contributed by atoms with E-state index in [9.17, 15) is 4.79 Å². The predicted octanol–water partition coefficient (Wildman–Crippen LogP) is 2.53. The zero-order valence-corrected chi connectivity index (χ0v) is 14.5. The van der Waals surface area contributed by atoms with Crippen molar-refractivity contribution >= 4 is 5.91 Å². The molecule has 1 amide bonds. The van der Waals surface area contributed by atoms with E-state index in [0.717, 1.165) is 26.1 Å². The third kappa shape index (κ3) is 6.79. The molecule has 0 aromatic rings. The standard InChI is InChI=1S/C17H35N3O/c1-5-6-8-12-19-17(21)15(4)20(14(2)3)13-16-10-7-9-11-18-16/h14-16,18H,5-13H2,1-4H3,(H,19,21). The van der Waals surface area contributed by atoms with Crippen molar-refractivity contribution in [3.63, 3.8) is 0 Å². The van der Waals surface area contributed by atoms with Gasteiger partial charge in [-0.25, -0.2) is 0 Å². The highest BCUT2D eigenvalue weighted by atomic mass is 16.2. The maximum atomic E-state index is 12.3. The normalized spacial score (nSPS) is 20.8. The van der Waals surface area contributed by atoms with Crippen LogP contribution in [0.2, 0.25) is 0 Å². The second-order valence-corrected chi connectivity index (χ2v) is 6.61. The van der Waals surface area contributed by atoms with Gasteiger partial charge in [-0.15, -0.1) is 0 Å². The fourth-order valence-corrected chi connectivity index (χ4v) is 3.04. The number of carbonyl (C=O) groups is 1. The molecule has 4 nitrogen and oxygen atoms in total. The van der Waals surface area contributed by atoms with Crippen LogP contribution in [0.5, 0.6) is 0 Å². The van der Waals surface area contributed by atoms with E-state index >= 15 is 0 Å². The van der Waals surface area contributed by atoms with Crippen molar-refractivity contribution < 1.29 is 4.79 Å². The molecule has 1 aliphatic heterocycles. The van der Waals surface area contributed by atoms with Crippen molar-refractivity contribution in [1.82, 2.24) is 15.5 Å². The maximum absolute atomic E-state index is 12.3. The molecule has 1 rings (SSSR count). The van der Waals surface area contributed by atoms with Gasteiger partial charge in [-0.3, -0.25) is 9.69 Å². The molecule has 1 heterocycles. The van der Waals surface area contributed by atoms with E-state index in [1.807, 2.05) is 6.92 Å². The van der Waals surface area contributed by atoms with Crippen LogP contribution >= 0.6 is 0 Å². The summed E-state index contributed by atoms with van der Waals surface area (Å²) in [7, 11) is 0. The highest BCUT2D eigenvalue weighted by Crippen LogP contribution is 2.13. The molecule has 1 aliphatic rings. The van der Waals surface area contributed by atoms with E-state index in [2.05, 4.69) is 36.3 Å². The predicted molar refractivity (Wildman–Crippen MR) is 89.5 cm³/mol. The van der Waals surface area contributed by atoms with E-state index in [1.165, 1.54) is 32.1 Å². The Morgan fingerprint density at radius 1 is 1.29 bits per heavy atom. The maximum Gasteiger partial charge on any atom is 0.237 e. The first-order chi connectivity index (χ1) is 10.1. The van der Waals surface area contributed by atoms with Crippen molar-refractivity contribution in [3.05, 3.63) is 0 Å². The van der Waals surface area contributed by atoms with Crippen LogP contribution in [-0.2, 0) is 4.79 Å². The molecular weight excluding hydrogens is 262 g/mol. The van der Waals surface area contributed by atoms with Gasteiger partial charge < -0.3 is 10.6 Å². The first-order valence-electron chi connectivity index (χ1n) is 8.83. The molecule has 0 aliphatic carbocycles. The van der Waals surface area contributed by atoms with Crippen molar-refractivity contribution in [1.29, 1.82) is 0 Å². The lowest BCUT2D eigenvalue weighted by Gasteiger charge is -2.36. The molecular formula is C17H35N3O. The lowest BCUT2D eigenvalue weighted by molar-refractivity contribution is -0.126. The fraction of sp³-hybridized carbons (Fsp3) is 0.941. The quantitative estimate of drug-likeness (QED) is 0.643. The molecule has 0 bridgehead atoms. The van der Waals surface area contributed by atoms with Gasteiger partial charge in [0.05, 0.1) is 6.04 Å². The number of hydrogen-bond acceptors (Lipinski definition) is 3. The van der Waals surface area contributed by atoms with Crippen molar-refractivity contribution in [2.24, 2.45) is 0 Å².